The molecule has 0 aliphatic heterocycles. The van der Waals surface area contributed by atoms with Crippen LogP contribution in [0.3, 0.4) is 0 Å². The highest BCUT2D eigenvalue weighted by molar-refractivity contribution is 5.76. The van der Waals surface area contributed by atoms with Gasteiger partial charge in [-0.05, 0) is 30.5 Å². The molecule has 0 fully saturated rings. The van der Waals surface area contributed by atoms with Gasteiger partial charge >= 0.3 is 0 Å². The summed E-state index contributed by atoms with van der Waals surface area (Å²) in [6.07, 6.45) is 5.33. The molecule has 2 N–H and O–H groups in total. The first kappa shape index (κ1) is 12.6. The van der Waals surface area contributed by atoms with E-state index in [0.717, 1.165) is 12.0 Å². The normalized spacial score (nSPS) is 12.1. The van der Waals surface area contributed by atoms with Crippen molar-refractivity contribution in [1.29, 1.82) is 0 Å². The molecule has 1 aromatic heterocycles. The monoisotopic (exact) mass is 222 g/mol. The number of hydrogen-bond acceptors (Lipinski definition) is 3. The van der Waals surface area contributed by atoms with E-state index in [1.54, 1.807) is 12.4 Å². The van der Waals surface area contributed by atoms with Crippen molar-refractivity contribution in [3.05, 3.63) is 30.1 Å². The molecule has 1 atom stereocenters. The molecule has 0 aromatic carbocycles. The molecule has 0 aliphatic carbocycles. The molecule has 0 saturated heterocycles. The van der Waals surface area contributed by atoms with Crippen LogP contribution in [0.2, 0.25) is 0 Å². The number of amides is 1. The van der Waals surface area contributed by atoms with Crippen LogP contribution in [0.1, 0.15) is 25.3 Å². The third kappa shape index (κ3) is 4.40. The quantitative estimate of drug-likeness (QED) is 0.751. The molecule has 1 amide bonds. The second-order valence-corrected chi connectivity index (χ2v) is 3.71. The lowest BCUT2D eigenvalue weighted by Gasteiger charge is -2.13. The summed E-state index contributed by atoms with van der Waals surface area (Å²) in [4.78, 5) is 15.4. The summed E-state index contributed by atoms with van der Waals surface area (Å²) < 4.78 is 0. The van der Waals surface area contributed by atoms with Crippen LogP contribution in [0.5, 0.6) is 0 Å². The van der Waals surface area contributed by atoms with Gasteiger partial charge in [0.1, 0.15) is 0 Å². The first-order valence-electron chi connectivity index (χ1n) is 5.55. The highest BCUT2D eigenvalue weighted by Gasteiger charge is 2.08. The molecule has 16 heavy (non-hydrogen) atoms. The van der Waals surface area contributed by atoms with Crippen LogP contribution in [0, 0.1) is 0 Å². The highest BCUT2D eigenvalue weighted by Crippen LogP contribution is 2.01. The zero-order valence-electron chi connectivity index (χ0n) is 9.52. The Morgan fingerprint density at radius 1 is 1.50 bits per heavy atom. The fraction of sp³-hybridized carbons (Fsp3) is 0.500. The zero-order chi connectivity index (χ0) is 11.8. The van der Waals surface area contributed by atoms with E-state index >= 15 is 0 Å². The molecule has 0 bridgehead atoms. The van der Waals surface area contributed by atoms with Gasteiger partial charge in [0.05, 0.1) is 12.6 Å². The van der Waals surface area contributed by atoms with E-state index in [0.29, 0.717) is 12.8 Å². The van der Waals surface area contributed by atoms with Crippen molar-refractivity contribution < 1.29 is 9.90 Å². The minimum Gasteiger partial charge on any atom is -0.394 e. The van der Waals surface area contributed by atoms with Gasteiger partial charge in [0.15, 0.2) is 0 Å². The van der Waals surface area contributed by atoms with E-state index in [4.69, 9.17) is 5.11 Å². The van der Waals surface area contributed by atoms with Crippen molar-refractivity contribution in [3.8, 4) is 0 Å². The van der Waals surface area contributed by atoms with Crippen LogP contribution >= 0.6 is 0 Å². The standard InChI is InChI=1S/C12H18N2O2/c1-2-11(9-15)14-12(16)4-3-10-5-7-13-8-6-10/h5-8,11,15H,2-4,9H2,1H3,(H,14,16). The molecule has 1 rings (SSSR count). The number of aryl methyl sites for hydroxylation is 1. The summed E-state index contributed by atoms with van der Waals surface area (Å²) in [5.74, 6) is -0.0160. The second-order valence-electron chi connectivity index (χ2n) is 3.71. The van der Waals surface area contributed by atoms with Gasteiger partial charge in [-0.3, -0.25) is 9.78 Å². The Balaban J connectivity index is 2.30. The van der Waals surface area contributed by atoms with Crippen molar-refractivity contribution in [1.82, 2.24) is 10.3 Å². The first-order chi connectivity index (χ1) is 7.76. The average molecular weight is 222 g/mol. The molecule has 0 aliphatic rings. The summed E-state index contributed by atoms with van der Waals surface area (Å²) in [6, 6.07) is 3.68. The Morgan fingerprint density at radius 3 is 2.75 bits per heavy atom. The third-order valence-electron chi connectivity index (χ3n) is 2.47. The van der Waals surface area contributed by atoms with E-state index < -0.39 is 0 Å². The van der Waals surface area contributed by atoms with E-state index in [-0.39, 0.29) is 18.6 Å². The van der Waals surface area contributed by atoms with Crippen LogP contribution in [-0.4, -0.2) is 28.6 Å². The zero-order valence-corrected chi connectivity index (χ0v) is 9.52. The molecule has 4 nitrogen and oxygen atoms in total. The lowest BCUT2D eigenvalue weighted by Crippen LogP contribution is -2.36. The van der Waals surface area contributed by atoms with Gasteiger partial charge in [-0.1, -0.05) is 6.92 Å². The number of aliphatic hydroxyl groups excluding tert-OH is 1. The number of pyridine rings is 1. The fourth-order valence-electron chi connectivity index (χ4n) is 1.38. The predicted octanol–water partition coefficient (Wildman–Crippen LogP) is 0.901. The fourth-order valence-corrected chi connectivity index (χ4v) is 1.38. The molecule has 0 saturated carbocycles. The second kappa shape index (κ2) is 6.95. The summed E-state index contributed by atoms with van der Waals surface area (Å²) in [5.41, 5.74) is 1.10. The molecule has 88 valence electrons. The minimum atomic E-state index is -0.120. The molecule has 4 heteroatoms. The molecule has 1 heterocycles. The van der Waals surface area contributed by atoms with Gasteiger partial charge in [-0.25, -0.2) is 0 Å². The maximum atomic E-state index is 11.5. The number of aliphatic hydroxyl groups is 1. The molecule has 1 unspecified atom stereocenters. The number of hydrogen-bond donors (Lipinski definition) is 2. The van der Waals surface area contributed by atoms with Gasteiger partial charge in [0.25, 0.3) is 0 Å². The van der Waals surface area contributed by atoms with E-state index in [1.165, 1.54) is 0 Å². The third-order valence-corrected chi connectivity index (χ3v) is 2.47. The van der Waals surface area contributed by atoms with Gasteiger partial charge in [-0.15, -0.1) is 0 Å². The lowest BCUT2D eigenvalue weighted by molar-refractivity contribution is -0.122. The highest BCUT2D eigenvalue weighted by atomic mass is 16.3. The van der Waals surface area contributed by atoms with Crippen molar-refractivity contribution in [2.24, 2.45) is 0 Å². The van der Waals surface area contributed by atoms with Gasteiger partial charge < -0.3 is 10.4 Å². The Hall–Kier alpha value is -1.42. The number of nitrogens with one attached hydrogen (secondary N) is 1. The van der Waals surface area contributed by atoms with Crippen LogP contribution in [0.15, 0.2) is 24.5 Å². The maximum Gasteiger partial charge on any atom is 0.220 e. The number of carbonyl (C=O) groups excluding carboxylic acids is 1. The number of nitrogens with zero attached hydrogens (tertiary/aromatic N) is 1. The van der Waals surface area contributed by atoms with Gasteiger partial charge in [-0.2, -0.15) is 0 Å². The topological polar surface area (TPSA) is 62.2 Å². The average Bonchev–Trinajstić information content (AvgIpc) is 2.34. The summed E-state index contributed by atoms with van der Waals surface area (Å²) in [7, 11) is 0. The molecular weight excluding hydrogens is 204 g/mol. The maximum absolute atomic E-state index is 11.5. The first-order valence-corrected chi connectivity index (χ1v) is 5.55. The van der Waals surface area contributed by atoms with Gasteiger partial charge in [0, 0.05) is 18.8 Å². The Morgan fingerprint density at radius 2 is 2.19 bits per heavy atom. The summed E-state index contributed by atoms with van der Waals surface area (Å²) >= 11 is 0. The van der Waals surface area contributed by atoms with E-state index in [9.17, 15) is 4.79 Å². The molecule has 0 radical (unpaired) electrons. The summed E-state index contributed by atoms with van der Waals surface area (Å²) in [5, 5.41) is 11.7. The Bertz CT molecular complexity index is 310. The Labute approximate surface area is 95.7 Å². The van der Waals surface area contributed by atoms with Crippen molar-refractivity contribution in [3.63, 3.8) is 0 Å². The number of aromatic nitrogens is 1. The molecule has 1 aromatic rings. The van der Waals surface area contributed by atoms with E-state index in [1.807, 2.05) is 19.1 Å². The van der Waals surface area contributed by atoms with Crippen LogP contribution < -0.4 is 5.32 Å². The Kier molecular flexibility index (Phi) is 5.50. The molecular formula is C12H18N2O2. The van der Waals surface area contributed by atoms with Crippen molar-refractivity contribution in [2.45, 2.75) is 32.2 Å². The van der Waals surface area contributed by atoms with Gasteiger partial charge in [0.2, 0.25) is 5.91 Å². The minimum absolute atomic E-state index is 0.00248. The summed E-state index contributed by atoms with van der Waals surface area (Å²) in [6.45, 7) is 1.93. The molecule has 0 spiro atoms. The predicted molar refractivity (Wildman–Crippen MR) is 61.9 cm³/mol. The lowest BCUT2D eigenvalue weighted by atomic mass is 10.1. The number of carbonyl (C=O) groups is 1. The van der Waals surface area contributed by atoms with Crippen LogP contribution in [0.25, 0.3) is 0 Å². The SMILES string of the molecule is CCC(CO)NC(=O)CCc1ccncc1. The smallest absolute Gasteiger partial charge is 0.220 e. The van der Waals surface area contributed by atoms with Crippen LogP contribution in [-0.2, 0) is 11.2 Å². The largest absolute Gasteiger partial charge is 0.394 e. The van der Waals surface area contributed by atoms with E-state index in [2.05, 4.69) is 10.3 Å². The van der Waals surface area contributed by atoms with Crippen molar-refractivity contribution in [2.75, 3.05) is 6.61 Å². The number of rotatable bonds is 6. The van der Waals surface area contributed by atoms with Crippen molar-refractivity contribution >= 4 is 5.91 Å². The van der Waals surface area contributed by atoms with Crippen LogP contribution in [0.4, 0.5) is 0 Å².